The summed E-state index contributed by atoms with van der Waals surface area (Å²) in [6.45, 7) is 4.78. The van der Waals surface area contributed by atoms with Gasteiger partial charge >= 0.3 is 0 Å². The summed E-state index contributed by atoms with van der Waals surface area (Å²) in [5.74, 6) is -0.220. The monoisotopic (exact) mass is 355 g/mol. The van der Waals surface area contributed by atoms with Gasteiger partial charge in [0.1, 0.15) is 7.11 Å². The van der Waals surface area contributed by atoms with Gasteiger partial charge in [-0.25, -0.2) is 0 Å². The maximum atomic E-state index is 12.3. The van der Waals surface area contributed by atoms with E-state index in [-0.39, 0.29) is 5.91 Å². The molecule has 0 aromatic heterocycles. The molecule has 0 atom stereocenters. The van der Waals surface area contributed by atoms with Crippen LogP contribution in [0.3, 0.4) is 0 Å². The van der Waals surface area contributed by atoms with Crippen LogP contribution in [0.2, 0.25) is 5.02 Å². The van der Waals surface area contributed by atoms with E-state index in [1.165, 1.54) is 18.2 Å². The Morgan fingerprint density at radius 3 is 2.60 bits per heavy atom. The third-order valence-electron chi connectivity index (χ3n) is 4.81. The number of fused-ring (bicyclic) bond motifs is 3. The number of rotatable bonds is 3. The van der Waals surface area contributed by atoms with Gasteiger partial charge < -0.3 is 10.2 Å². The van der Waals surface area contributed by atoms with Crippen molar-refractivity contribution in [1.82, 2.24) is 4.90 Å². The first-order valence-corrected chi connectivity index (χ1v) is 8.60. The number of carbonyl (C=O) groups excluding carboxylic acids is 1. The smallest absolute Gasteiger partial charge is 0.278 e. The second kappa shape index (κ2) is 6.17. The summed E-state index contributed by atoms with van der Waals surface area (Å²) >= 11 is 6.04. The van der Waals surface area contributed by atoms with E-state index in [1.807, 2.05) is 30.3 Å². The predicted octanol–water partition coefficient (Wildman–Crippen LogP) is 3.65. The molecule has 0 spiro atoms. The Balaban J connectivity index is 1.94. The summed E-state index contributed by atoms with van der Waals surface area (Å²) in [7, 11) is 1.45. The maximum absolute atomic E-state index is 12.3. The molecule has 0 saturated heterocycles. The van der Waals surface area contributed by atoms with Crippen LogP contribution >= 0.6 is 11.6 Å². The number of nitrogens with zero attached hydrogens (tertiary/aromatic N) is 2. The zero-order valence-electron chi connectivity index (χ0n) is 14.1. The molecule has 128 valence electrons. The molecular weight excluding hydrogens is 338 g/mol. The first kappa shape index (κ1) is 16.1. The first-order chi connectivity index (χ1) is 12.1. The lowest BCUT2D eigenvalue weighted by Crippen LogP contribution is -2.16. The number of nitrogens with one attached hydrogen (secondary N) is 1. The molecule has 0 saturated carbocycles. The molecule has 2 aromatic carbocycles. The van der Waals surface area contributed by atoms with E-state index in [9.17, 15) is 4.79 Å². The van der Waals surface area contributed by atoms with Crippen molar-refractivity contribution in [3.05, 3.63) is 52.0 Å². The van der Waals surface area contributed by atoms with Crippen molar-refractivity contribution >= 4 is 28.9 Å². The van der Waals surface area contributed by atoms with Crippen molar-refractivity contribution in [2.75, 3.05) is 19.0 Å². The molecule has 2 aliphatic rings. The van der Waals surface area contributed by atoms with Crippen LogP contribution < -0.4 is 5.32 Å². The van der Waals surface area contributed by atoms with Crippen LogP contribution in [0, 0.1) is 0 Å². The molecule has 1 amide bonds. The second-order valence-corrected chi connectivity index (χ2v) is 6.63. The van der Waals surface area contributed by atoms with Crippen molar-refractivity contribution in [3.8, 4) is 11.1 Å². The van der Waals surface area contributed by atoms with Gasteiger partial charge in [-0.05, 0) is 47.0 Å². The van der Waals surface area contributed by atoms with Gasteiger partial charge in [-0.1, -0.05) is 35.8 Å². The molecule has 0 aliphatic carbocycles. The molecule has 0 unspecified atom stereocenters. The number of hydrogen-bond donors (Lipinski definition) is 1. The molecule has 2 heterocycles. The molecule has 0 radical (unpaired) electrons. The lowest BCUT2D eigenvalue weighted by Gasteiger charge is -2.13. The number of benzene rings is 2. The minimum Gasteiger partial charge on any atom is -0.398 e. The van der Waals surface area contributed by atoms with Gasteiger partial charge in [-0.15, -0.1) is 0 Å². The standard InChI is InChI=1S/C19H18ClN3O2/c1-3-23-9-15-13(11-4-6-12(20)7-5-11)8-14-17(16(15)10-23)21-19(24)18(14)22-25-2/h4-8H,3,9-10H2,1-2H3,(H,21,22,24). The summed E-state index contributed by atoms with van der Waals surface area (Å²) in [6, 6.07) is 9.83. The zero-order chi connectivity index (χ0) is 17.6. The average Bonchev–Trinajstić information content (AvgIpc) is 3.17. The van der Waals surface area contributed by atoms with E-state index in [0.717, 1.165) is 42.0 Å². The third-order valence-corrected chi connectivity index (χ3v) is 5.06. The van der Waals surface area contributed by atoms with Crippen LogP contribution in [-0.2, 0) is 22.7 Å². The van der Waals surface area contributed by atoms with Gasteiger partial charge in [-0.2, -0.15) is 0 Å². The summed E-state index contributed by atoms with van der Waals surface area (Å²) in [5, 5.41) is 7.60. The van der Waals surface area contributed by atoms with Crippen LogP contribution in [0.25, 0.3) is 11.1 Å². The Morgan fingerprint density at radius 1 is 1.20 bits per heavy atom. The molecule has 4 rings (SSSR count). The van der Waals surface area contributed by atoms with Crippen LogP contribution in [0.4, 0.5) is 5.69 Å². The molecule has 25 heavy (non-hydrogen) atoms. The van der Waals surface area contributed by atoms with Gasteiger partial charge in [0, 0.05) is 23.7 Å². The number of anilines is 1. The van der Waals surface area contributed by atoms with Gasteiger partial charge in [0.05, 0.1) is 5.69 Å². The van der Waals surface area contributed by atoms with E-state index in [2.05, 4.69) is 22.3 Å². The Hall–Kier alpha value is -2.37. The van der Waals surface area contributed by atoms with E-state index < -0.39 is 0 Å². The fourth-order valence-electron chi connectivity index (χ4n) is 3.55. The highest BCUT2D eigenvalue weighted by molar-refractivity contribution is 6.54. The van der Waals surface area contributed by atoms with Crippen LogP contribution in [0.5, 0.6) is 0 Å². The molecule has 0 bridgehead atoms. The molecule has 1 N–H and O–H groups in total. The lowest BCUT2D eigenvalue weighted by atomic mass is 9.92. The first-order valence-electron chi connectivity index (χ1n) is 8.22. The minimum atomic E-state index is -0.220. The average molecular weight is 356 g/mol. The highest BCUT2D eigenvalue weighted by Crippen LogP contribution is 2.42. The predicted molar refractivity (Wildman–Crippen MR) is 98.9 cm³/mol. The molecule has 6 heteroatoms. The topological polar surface area (TPSA) is 53.9 Å². The Bertz CT molecular complexity index is 891. The molecule has 2 aromatic rings. The fourth-order valence-corrected chi connectivity index (χ4v) is 3.68. The molecule has 2 aliphatic heterocycles. The van der Waals surface area contributed by atoms with Gasteiger partial charge in [0.2, 0.25) is 0 Å². The largest absolute Gasteiger partial charge is 0.398 e. The Labute approximate surface area is 151 Å². The Kier molecular flexibility index (Phi) is 3.98. The number of amides is 1. The van der Waals surface area contributed by atoms with Crippen molar-refractivity contribution < 1.29 is 9.63 Å². The summed E-state index contributed by atoms with van der Waals surface area (Å²) < 4.78 is 0. The quantitative estimate of drug-likeness (QED) is 0.855. The second-order valence-electron chi connectivity index (χ2n) is 6.19. The van der Waals surface area contributed by atoms with Crippen molar-refractivity contribution in [2.24, 2.45) is 5.16 Å². The number of oxime groups is 1. The van der Waals surface area contributed by atoms with Gasteiger partial charge in [0.15, 0.2) is 5.71 Å². The van der Waals surface area contributed by atoms with Crippen LogP contribution in [-0.4, -0.2) is 30.2 Å². The SMILES string of the molecule is CCN1Cc2c(-c3ccc(Cl)cc3)cc3c(c2C1)NC(=O)/C3=N\OC. The van der Waals surface area contributed by atoms with Crippen molar-refractivity contribution in [3.63, 3.8) is 0 Å². The van der Waals surface area contributed by atoms with E-state index in [1.54, 1.807) is 0 Å². The highest BCUT2D eigenvalue weighted by atomic mass is 35.5. The molecule has 5 nitrogen and oxygen atoms in total. The normalized spacial score (nSPS) is 17.6. The van der Waals surface area contributed by atoms with Crippen LogP contribution in [0.15, 0.2) is 35.5 Å². The summed E-state index contributed by atoms with van der Waals surface area (Å²) in [6.07, 6.45) is 0. The van der Waals surface area contributed by atoms with E-state index in [0.29, 0.717) is 10.7 Å². The summed E-state index contributed by atoms with van der Waals surface area (Å²) in [5.41, 5.74) is 6.60. The summed E-state index contributed by atoms with van der Waals surface area (Å²) in [4.78, 5) is 19.5. The van der Waals surface area contributed by atoms with E-state index >= 15 is 0 Å². The number of halogens is 1. The zero-order valence-corrected chi connectivity index (χ0v) is 14.9. The molecule has 0 fully saturated rings. The van der Waals surface area contributed by atoms with Crippen molar-refractivity contribution in [1.29, 1.82) is 0 Å². The Morgan fingerprint density at radius 2 is 1.92 bits per heavy atom. The van der Waals surface area contributed by atoms with Crippen molar-refractivity contribution in [2.45, 2.75) is 20.0 Å². The number of hydrogen-bond acceptors (Lipinski definition) is 4. The number of carbonyl (C=O) groups is 1. The minimum absolute atomic E-state index is 0.220. The third kappa shape index (κ3) is 2.60. The van der Waals surface area contributed by atoms with Crippen LogP contribution in [0.1, 0.15) is 23.6 Å². The highest BCUT2D eigenvalue weighted by Gasteiger charge is 2.35. The van der Waals surface area contributed by atoms with Gasteiger partial charge in [-0.3, -0.25) is 9.69 Å². The molecular formula is C19H18ClN3O2. The van der Waals surface area contributed by atoms with E-state index in [4.69, 9.17) is 16.4 Å². The maximum Gasteiger partial charge on any atom is 0.278 e. The lowest BCUT2D eigenvalue weighted by molar-refractivity contribution is -0.110. The van der Waals surface area contributed by atoms with Gasteiger partial charge in [0.25, 0.3) is 5.91 Å². The fraction of sp³-hybridized carbons (Fsp3) is 0.263.